The van der Waals surface area contributed by atoms with Gasteiger partial charge in [-0.2, -0.15) is 13.2 Å². The number of halogens is 5. The van der Waals surface area contributed by atoms with Crippen LogP contribution in [0.25, 0.3) is 0 Å². The van der Waals surface area contributed by atoms with Gasteiger partial charge in [0.25, 0.3) is 11.8 Å². The van der Waals surface area contributed by atoms with Crippen molar-refractivity contribution in [2.24, 2.45) is 5.92 Å². The molecule has 0 aliphatic carbocycles. The van der Waals surface area contributed by atoms with Gasteiger partial charge >= 0.3 is 6.18 Å². The van der Waals surface area contributed by atoms with Crippen LogP contribution in [0.2, 0.25) is 0 Å². The van der Waals surface area contributed by atoms with Crippen LogP contribution in [0.5, 0.6) is 0 Å². The molecule has 0 bridgehead atoms. The minimum atomic E-state index is -4.83. The molecule has 2 aromatic carbocycles. The molecule has 2 aromatic rings. The van der Waals surface area contributed by atoms with Crippen LogP contribution in [0.15, 0.2) is 35.2 Å². The van der Waals surface area contributed by atoms with Crippen molar-refractivity contribution >= 4 is 29.3 Å². The van der Waals surface area contributed by atoms with Gasteiger partial charge in [0.2, 0.25) is 0 Å². The van der Waals surface area contributed by atoms with Crippen molar-refractivity contribution in [1.29, 1.82) is 0 Å². The van der Waals surface area contributed by atoms with Gasteiger partial charge in [-0.25, -0.2) is 8.78 Å². The van der Waals surface area contributed by atoms with Crippen LogP contribution in [0, 0.1) is 17.6 Å². The summed E-state index contributed by atoms with van der Waals surface area (Å²) >= 11 is 0.849. The number of fused-ring (bicyclic) bond motifs is 1. The molecular weight excluding hydrogens is 529 g/mol. The Labute approximate surface area is 220 Å². The Morgan fingerprint density at radius 2 is 1.92 bits per heavy atom. The lowest BCUT2D eigenvalue weighted by Gasteiger charge is -2.35. The van der Waals surface area contributed by atoms with E-state index in [1.807, 2.05) is 0 Å². The van der Waals surface area contributed by atoms with Crippen molar-refractivity contribution < 1.29 is 36.3 Å². The van der Waals surface area contributed by atoms with E-state index in [0.29, 0.717) is 36.4 Å². The number of nitrogens with one attached hydrogen (secondary N) is 2. The number of hydrogen-bond acceptors (Lipinski definition) is 5. The highest BCUT2D eigenvalue weighted by Crippen LogP contribution is 2.54. The highest BCUT2D eigenvalue weighted by Gasteiger charge is 2.65. The zero-order chi connectivity index (χ0) is 27.6. The molecule has 3 heterocycles. The number of alkyl halides is 3. The molecule has 5 rings (SSSR count). The quantitative estimate of drug-likeness (QED) is 0.414. The van der Waals surface area contributed by atoms with Crippen LogP contribution in [0.1, 0.15) is 41.3 Å². The lowest BCUT2D eigenvalue weighted by Crippen LogP contribution is -2.57. The summed E-state index contributed by atoms with van der Waals surface area (Å²) in [6, 6.07) is 6.86. The van der Waals surface area contributed by atoms with E-state index in [4.69, 9.17) is 4.74 Å². The summed E-state index contributed by atoms with van der Waals surface area (Å²) in [6.07, 6.45) is -4.99. The summed E-state index contributed by atoms with van der Waals surface area (Å²) < 4.78 is 76.5. The smallest absolute Gasteiger partial charge is 0.352 e. The number of ether oxygens (including phenoxy) is 1. The second-order valence-electron chi connectivity index (χ2n) is 10.0. The Hall–Kier alpha value is -2.70. The maximum Gasteiger partial charge on any atom is 0.417 e. The average molecular weight is 556 g/mol. The van der Waals surface area contributed by atoms with E-state index in [1.54, 1.807) is 17.0 Å². The molecule has 4 atom stereocenters. The number of carbonyl (C=O) groups excluding carboxylic acids is 2. The molecule has 0 aromatic heterocycles. The third-order valence-corrected chi connectivity index (χ3v) is 8.80. The molecule has 2 saturated heterocycles. The number of rotatable bonds is 5. The molecule has 38 heavy (non-hydrogen) atoms. The largest absolute Gasteiger partial charge is 0.417 e. The number of anilines is 1. The summed E-state index contributed by atoms with van der Waals surface area (Å²) in [5, 5.41) is 5.74. The van der Waals surface area contributed by atoms with E-state index in [0.717, 1.165) is 24.8 Å². The van der Waals surface area contributed by atoms with E-state index in [1.165, 1.54) is 25.3 Å². The molecule has 0 radical (unpaired) electrons. The van der Waals surface area contributed by atoms with Crippen molar-refractivity contribution in [3.63, 3.8) is 0 Å². The first-order valence-corrected chi connectivity index (χ1v) is 13.3. The van der Waals surface area contributed by atoms with Crippen molar-refractivity contribution in [1.82, 2.24) is 10.2 Å². The van der Waals surface area contributed by atoms with Crippen LogP contribution in [0.4, 0.5) is 27.6 Å². The highest BCUT2D eigenvalue weighted by molar-refractivity contribution is 7.98. The third-order valence-electron chi connectivity index (χ3n) is 7.98. The first-order valence-electron chi connectivity index (χ1n) is 12.1. The second kappa shape index (κ2) is 9.49. The highest BCUT2D eigenvalue weighted by atomic mass is 32.2. The molecule has 0 spiro atoms. The van der Waals surface area contributed by atoms with Gasteiger partial charge in [0.1, 0.15) is 6.10 Å². The van der Waals surface area contributed by atoms with Gasteiger partial charge in [0, 0.05) is 47.6 Å². The van der Waals surface area contributed by atoms with Gasteiger partial charge in [-0.05, 0) is 48.6 Å². The van der Waals surface area contributed by atoms with E-state index in [2.05, 4.69) is 10.6 Å². The number of benzene rings is 2. The van der Waals surface area contributed by atoms with Crippen molar-refractivity contribution in [2.45, 2.75) is 55.1 Å². The molecule has 12 heteroatoms. The Morgan fingerprint density at radius 1 is 1.21 bits per heavy atom. The molecule has 2 amide bonds. The van der Waals surface area contributed by atoms with Crippen molar-refractivity contribution in [3.8, 4) is 0 Å². The van der Waals surface area contributed by atoms with Crippen LogP contribution >= 0.6 is 11.8 Å². The van der Waals surface area contributed by atoms with Crippen LogP contribution in [-0.2, 0) is 16.1 Å². The summed E-state index contributed by atoms with van der Waals surface area (Å²) in [4.78, 5) is 27.7. The maximum atomic E-state index is 14.6. The predicted molar refractivity (Wildman–Crippen MR) is 131 cm³/mol. The Morgan fingerprint density at radius 3 is 2.53 bits per heavy atom. The van der Waals surface area contributed by atoms with Gasteiger partial charge in [-0.15, -0.1) is 11.8 Å². The van der Waals surface area contributed by atoms with Gasteiger partial charge in [0.05, 0.1) is 6.04 Å². The molecule has 3 aliphatic heterocycles. The van der Waals surface area contributed by atoms with Gasteiger partial charge in [0.15, 0.2) is 17.2 Å². The Kier molecular flexibility index (Phi) is 6.72. The summed E-state index contributed by atoms with van der Waals surface area (Å²) in [7, 11) is 0. The molecule has 0 saturated carbocycles. The molecule has 3 aliphatic rings. The molecule has 2 N–H and O–H groups in total. The van der Waals surface area contributed by atoms with E-state index in [-0.39, 0.29) is 22.4 Å². The van der Waals surface area contributed by atoms with Gasteiger partial charge < -0.3 is 20.3 Å². The minimum Gasteiger partial charge on any atom is -0.352 e. The van der Waals surface area contributed by atoms with Crippen LogP contribution in [-0.4, -0.2) is 60.0 Å². The third kappa shape index (κ3) is 4.17. The fourth-order valence-electron chi connectivity index (χ4n) is 5.46. The molecule has 6 nitrogen and oxygen atoms in total. The SMILES string of the molecule is CSc1c([C@H]2[C@H](C(=O)Nc3ccc4c(c3)CN(C3CNC3)C4=O)O[C@@](C)(C(F)(F)F)[C@H]2C)ccc(F)c1F. The monoisotopic (exact) mass is 555 g/mol. The van der Waals surface area contributed by atoms with Crippen LogP contribution < -0.4 is 10.6 Å². The van der Waals surface area contributed by atoms with Gasteiger partial charge in [-0.3, -0.25) is 9.59 Å². The molecule has 2 fully saturated rings. The summed E-state index contributed by atoms with van der Waals surface area (Å²) in [5.41, 5.74) is -1.14. The van der Waals surface area contributed by atoms with Crippen molar-refractivity contribution in [2.75, 3.05) is 24.7 Å². The van der Waals surface area contributed by atoms with Crippen molar-refractivity contribution in [3.05, 3.63) is 58.7 Å². The Bertz CT molecular complexity index is 1300. The standard InChI is InChI=1S/C26H26F5N3O3S/c1-12-19(17-6-7-18(27)20(28)22(17)38-3)21(37-25(12,2)26(29,30)31)23(35)33-14-4-5-16-13(8-14)11-34(24(16)36)15-9-32-10-15/h4-8,12,15,19,21,32H,9-11H2,1-3H3,(H,33,35)/t12-,19-,21+,25+/m0/s1. The summed E-state index contributed by atoms with van der Waals surface area (Å²) in [5.74, 6) is -5.79. The first kappa shape index (κ1) is 26.9. The lowest BCUT2D eigenvalue weighted by atomic mass is 9.77. The predicted octanol–water partition coefficient (Wildman–Crippen LogP) is 4.69. The van der Waals surface area contributed by atoms with E-state index >= 15 is 0 Å². The molecular formula is C26H26F5N3O3S. The van der Waals surface area contributed by atoms with E-state index in [9.17, 15) is 31.5 Å². The number of nitrogens with zero attached hydrogens (tertiary/aromatic N) is 1. The number of hydrogen-bond donors (Lipinski definition) is 2. The minimum absolute atomic E-state index is 0.0707. The number of amides is 2. The second-order valence-corrected chi connectivity index (χ2v) is 10.9. The normalized spacial score (nSPS) is 27.4. The average Bonchev–Trinajstić information content (AvgIpc) is 3.28. The maximum absolute atomic E-state index is 14.6. The number of carbonyl (C=O) groups is 2. The van der Waals surface area contributed by atoms with Gasteiger partial charge in [-0.1, -0.05) is 13.0 Å². The Balaban J connectivity index is 1.46. The van der Waals surface area contributed by atoms with Crippen LogP contribution in [0.3, 0.4) is 0 Å². The summed E-state index contributed by atoms with van der Waals surface area (Å²) in [6.45, 7) is 3.91. The molecule has 0 unspecified atom stereocenters. The molecule has 204 valence electrons. The fraction of sp³-hybridized carbons (Fsp3) is 0.462. The number of thioether (sulfide) groups is 1. The fourth-order valence-corrected chi connectivity index (χ4v) is 6.18. The van der Waals surface area contributed by atoms with E-state index < -0.39 is 47.3 Å². The topological polar surface area (TPSA) is 70.7 Å². The zero-order valence-corrected chi connectivity index (χ0v) is 21.6. The first-order chi connectivity index (χ1) is 17.9. The lowest BCUT2D eigenvalue weighted by molar-refractivity contribution is -0.272. The zero-order valence-electron chi connectivity index (χ0n) is 20.8.